The molecule has 0 unspecified atom stereocenters. The minimum Gasteiger partial charge on any atom is -0.384 e. The Hall–Kier alpha value is -1.92. The van der Waals surface area contributed by atoms with Gasteiger partial charge in [-0.15, -0.1) is 0 Å². The van der Waals surface area contributed by atoms with Crippen LogP contribution in [-0.4, -0.2) is 64.2 Å². The van der Waals surface area contributed by atoms with Crippen molar-refractivity contribution in [3.05, 3.63) is 35.4 Å². The predicted molar refractivity (Wildman–Crippen MR) is 97.6 cm³/mol. The third kappa shape index (κ3) is 5.03. The van der Waals surface area contributed by atoms with Crippen LogP contribution >= 0.6 is 0 Å². The van der Waals surface area contributed by atoms with Crippen LogP contribution in [0.2, 0.25) is 0 Å². The molecule has 0 bridgehead atoms. The maximum Gasteiger partial charge on any atom is 0.253 e. The van der Waals surface area contributed by atoms with Crippen molar-refractivity contribution in [2.75, 3.05) is 47.4 Å². The van der Waals surface area contributed by atoms with Crippen LogP contribution in [0.5, 0.6) is 0 Å². The van der Waals surface area contributed by atoms with E-state index >= 15 is 0 Å². The van der Waals surface area contributed by atoms with Crippen molar-refractivity contribution >= 4 is 11.8 Å². The van der Waals surface area contributed by atoms with E-state index in [-0.39, 0.29) is 11.8 Å². The number of ether oxygens (including phenoxy) is 1. The molecule has 1 aliphatic heterocycles. The number of piperidine rings is 1. The molecule has 6 nitrogen and oxygen atoms in total. The van der Waals surface area contributed by atoms with Gasteiger partial charge in [0.15, 0.2) is 0 Å². The lowest BCUT2D eigenvalue weighted by Crippen LogP contribution is -2.50. The number of rotatable bonds is 7. The van der Waals surface area contributed by atoms with Gasteiger partial charge in [0.1, 0.15) is 0 Å². The van der Waals surface area contributed by atoms with Gasteiger partial charge in [-0.05, 0) is 50.0 Å². The van der Waals surface area contributed by atoms with Gasteiger partial charge in [-0.25, -0.2) is 0 Å². The Morgan fingerprint density at radius 1 is 1.28 bits per heavy atom. The molecule has 1 fully saturated rings. The molecule has 0 aliphatic carbocycles. The molecule has 25 heavy (non-hydrogen) atoms. The fraction of sp³-hybridized carbons (Fsp3) is 0.579. The summed E-state index contributed by atoms with van der Waals surface area (Å²) >= 11 is 0. The number of amides is 2. The van der Waals surface area contributed by atoms with Crippen LogP contribution in [0.25, 0.3) is 0 Å². The molecule has 1 saturated heterocycles. The molecular weight excluding hydrogens is 318 g/mol. The number of nitrogens with zero attached hydrogens (tertiary/aromatic N) is 1. The topological polar surface area (TPSA) is 70.7 Å². The molecule has 138 valence electrons. The van der Waals surface area contributed by atoms with E-state index in [9.17, 15) is 9.59 Å². The van der Waals surface area contributed by atoms with Crippen LogP contribution in [-0.2, 0) is 16.0 Å². The summed E-state index contributed by atoms with van der Waals surface area (Å²) in [6.45, 7) is 2.68. The van der Waals surface area contributed by atoms with Crippen LogP contribution in [0.15, 0.2) is 24.3 Å². The van der Waals surface area contributed by atoms with E-state index in [1.54, 1.807) is 26.1 Å². The Labute approximate surface area is 149 Å². The average Bonchev–Trinajstić information content (AvgIpc) is 2.62. The van der Waals surface area contributed by atoms with Gasteiger partial charge in [0.25, 0.3) is 5.91 Å². The Kier molecular flexibility index (Phi) is 6.96. The zero-order valence-electron chi connectivity index (χ0n) is 15.4. The molecule has 0 saturated carbocycles. The Bertz CT molecular complexity index is 590. The average molecular weight is 347 g/mol. The van der Waals surface area contributed by atoms with Crippen LogP contribution in [0, 0.1) is 5.41 Å². The second-order valence-electron chi connectivity index (χ2n) is 6.87. The van der Waals surface area contributed by atoms with Crippen molar-refractivity contribution < 1.29 is 14.3 Å². The molecule has 0 aromatic heterocycles. The van der Waals surface area contributed by atoms with Crippen LogP contribution in [0.3, 0.4) is 0 Å². The van der Waals surface area contributed by atoms with E-state index in [0.29, 0.717) is 25.1 Å². The second-order valence-corrected chi connectivity index (χ2v) is 6.87. The number of hydrogen-bond acceptors (Lipinski definition) is 4. The summed E-state index contributed by atoms with van der Waals surface area (Å²) in [7, 11) is 5.12. The molecule has 2 N–H and O–H groups in total. The van der Waals surface area contributed by atoms with Crippen molar-refractivity contribution in [2.45, 2.75) is 19.3 Å². The van der Waals surface area contributed by atoms with Gasteiger partial charge in [-0.2, -0.15) is 0 Å². The quantitative estimate of drug-likeness (QED) is 0.774. The summed E-state index contributed by atoms with van der Waals surface area (Å²) < 4.78 is 5.30. The SMILES string of the molecule is COCC1(C(=O)NCCc2cccc(C(=O)N(C)C)c2)CCNCC1. The lowest BCUT2D eigenvalue weighted by atomic mass is 9.78. The van der Waals surface area contributed by atoms with Gasteiger partial charge in [0, 0.05) is 33.3 Å². The van der Waals surface area contributed by atoms with Gasteiger partial charge in [-0.1, -0.05) is 12.1 Å². The molecule has 6 heteroatoms. The highest BCUT2D eigenvalue weighted by Crippen LogP contribution is 2.29. The first kappa shape index (κ1) is 19.4. The Morgan fingerprint density at radius 2 is 2.00 bits per heavy atom. The summed E-state index contributed by atoms with van der Waals surface area (Å²) in [4.78, 5) is 26.3. The van der Waals surface area contributed by atoms with Gasteiger partial charge in [0.2, 0.25) is 5.91 Å². The summed E-state index contributed by atoms with van der Waals surface area (Å²) in [5.74, 6) is 0.0519. The van der Waals surface area contributed by atoms with Crippen LogP contribution < -0.4 is 10.6 Å². The highest BCUT2D eigenvalue weighted by atomic mass is 16.5. The van der Waals surface area contributed by atoms with Gasteiger partial charge in [0.05, 0.1) is 12.0 Å². The number of hydrogen-bond donors (Lipinski definition) is 2. The molecule has 0 spiro atoms. The smallest absolute Gasteiger partial charge is 0.253 e. The Balaban J connectivity index is 1.92. The third-order valence-electron chi connectivity index (χ3n) is 4.74. The van der Waals surface area contributed by atoms with E-state index in [1.807, 2.05) is 24.3 Å². The monoisotopic (exact) mass is 347 g/mol. The number of nitrogens with one attached hydrogen (secondary N) is 2. The lowest BCUT2D eigenvalue weighted by Gasteiger charge is -2.35. The van der Waals surface area contributed by atoms with Gasteiger partial charge >= 0.3 is 0 Å². The lowest BCUT2D eigenvalue weighted by molar-refractivity contribution is -0.136. The summed E-state index contributed by atoms with van der Waals surface area (Å²) in [6, 6.07) is 7.57. The summed E-state index contributed by atoms with van der Waals surface area (Å²) in [5, 5.41) is 6.35. The van der Waals surface area contributed by atoms with E-state index in [4.69, 9.17) is 4.74 Å². The number of benzene rings is 1. The fourth-order valence-corrected chi connectivity index (χ4v) is 3.24. The van der Waals surface area contributed by atoms with E-state index in [1.165, 1.54) is 0 Å². The summed E-state index contributed by atoms with van der Waals surface area (Å²) in [5.41, 5.74) is 1.28. The number of carbonyl (C=O) groups excluding carboxylic acids is 2. The highest BCUT2D eigenvalue weighted by Gasteiger charge is 2.39. The van der Waals surface area contributed by atoms with Crippen molar-refractivity contribution in [3.8, 4) is 0 Å². The zero-order valence-corrected chi connectivity index (χ0v) is 15.4. The summed E-state index contributed by atoms with van der Waals surface area (Å²) in [6.07, 6.45) is 2.28. The number of methoxy groups -OCH3 is 1. The third-order valence-corrected chi connectivity index (χ3v) is 4.74. The van der Waals surface area contributed by atoms with E-state index in [0.717, 1.165) is 31.5 Å². The maximum absolute atomic E-state index is 12.7. The molecule has 2 amide bonds. The minimum absolute atomic E-state index is 0.0142. The minimum atomic E-state index is -0.428. The van der Waals surface area contributed by atoms with Crippen LogP contribution in [0.1, 0.15) is 28.8 Å². The van der Waals surface area contributed by atoms with E-state index in [2.05, 4.69) is 10.6 Å². The fourth-order valence-electron chi connectivity index (χ4n) is 3.24. The standard InChI is InChI=1S/C19H29N3O3/c1-22(2)17(23)16-6-4-5-15(13-16)7-10-21-18(24)19(14-25-3)8-11-20-12-9-19/h4-6,13,20H,7-12,14H2,1-3H3,(H,21,24). The molecule has 1 heterocycles. The van der Waals surface area contributed by atoms with Gasteiger partial charge in [-0.3, -0.25) is 9.59 Å². The molecule has 1 aromatic rings. The van der Waals surface area contributed by atoms with Crippen LogP contribution in [0.4, 0.5) is 0 Å². The van der Waals surface area contributed by atoms with Crippen molar-refractivity contribution in [1.82, 2.24) is 15.5 Å². The molecule has 1 aromatic carbocycles. The normalized spacial score (nSPS) is 16.3. The van der Waals surface area contributed by atoms with Gasteiger partial charge < -0.3 is 20.3 Å². The Morgan fingerprint density at radius 3 is 2.64 bits per heavy atom. The first-order valence-electron chi connectivity index (χ1n) is 8.77. The zero-order chi connectivity index (χ0) is 18.3. The first-order chi connectivity index (χ1) is 12.0. The van der Waals surface area contributed by atoms with E-state index < -0.39 is 5.41 Å². The maximum atomic E-state index is 12.7. The largest absolute Gasteiger partial charge is 0.384 e. The first-order valence-corrected chi connectivity index (χ1v) is 8.77. The van der Waals surface area contributed by atoms with Crippen molar-refractivity contribution in [2.24, 2.45) is 5.41 Å². The second kappa shape index (κ2) is 8.97. The predicted octanol–water partition coefficient (Wildman–Crippen LogP) is 1.06. The molecule has 1 aliphatic rings. The molecular formula is C19H29N3O3. The molecule has 0 atom stereocenters. The molecule has 0 radical (unpaired) electrons. The van der Waals surface area contributed by atoms with Crippen molar-refractivity contribution in [3.63, 3.8) is 0 Å². The highest BCUT2D eigenvalue weighted by molar-refractivity contribution is 5.94. The number of carbonyl (C=O) groups is 2. The molecule has 2 rings (SSSR count). The van der Waals surface area contributed by atoms with Crippen molar-refractivity contribution in [1.29, 1.82) is 0 Å².